The van der Waals surface area contributed by atoms with E-state index in [4.69, 9.17) is 9.84 Å². The van der Waals surface area contributed by atoms with Gasteiger partial charge in [-0.2, -0.15) is 0 Å². The second kappa shape index (κ2) is 5.86. The quantitative estimate of drug-likeness (QED) is 0.862. The van der Waals surface area contributed by atoms with E-state index in [-0.39, 0.29) is 5.69 Å². The number of aromatic carboxylic acids is 1. The van der Waals surface area contributed by atoms with Gasteiger partial charge in [0.1, 0.15) is 11.6 Å². The van der Waals surface area contributed by atoms with E-state index in [1.54, 1.807) is 12.1 Å². The summed E-state index contributed by atoms with van der Waals surface area (Å²) >= 11 is 0. The van der Waals surface area contributed by atoms with Gasteiger partial charge >= 0.3 is 5.97 Å². The summed E-state index contributed by atoms with van der Waals surface area (Å²) in [6.07, 6.45) is 0. The molecule has 1 aromatic heterocycles. The van der Waals surface area contributed by atoms with Gasteiger partial charge in [0, 0.05) is 5.69 Å². The van der Waals surface area contributed by atoms with Crippen LogP contribution < -0.4 is 10.1 Å². The van der Waals surface area contributed by atoms with Gasteiger partial charge in [-0.15, -0.1) is 0 Å². The molecule has 5 nitrogen and oxygen atoms in total. The van der Waals surface area contributed by atoms with Gasteiger partial charge in [-0.3, -0.25) is 0 Å². The van der Waals surface area contributed by atoms with Gasteiger partial charge in [0.2, 0.25) is 0 Å². The first kappa shape index (κ1) is 12.9. The lowest BCUT2D eigenvalue weighted by molar-refractivity contribution is 0.0690. The molecular weight excluding hydrogens is 244 g/mol. The Hall–Kier alpha value is -2.56. The number of nitrogens with zero attached hydrogens (tertiary/aromatic N) is 1. The van der Waals surface area contributed by atoms with Crippen LogP contribution in [0, 0.1) is 0 Å². The van der Waals surface area contributed by atoms with E-state index in [9.17, 15) is 4.79 Å². The Morgan fingerprint density at radius 3 is 2.63 bits per heavy atom. The van der Waals surface area contributed by atoms with E-state index in [1.165, 1.54) is 6.07 Å². The number of pyridine rings is 1. The van der Waals surface area contributed by atoms with Gasteiger partial charge < -0.3 is 15.2 Å². The lowest BCUT2D eigenvalue weighted by atomic mass is 10.3. The third kappa shape index (κ3) is 3.45. The molecule has 0 fully saturated rings. The molecule has 5 heteroatoms. The van der Waals surface area contributed by atoms with Crippen LogP contribution >= 0.6 is 0 Å². The van der Waals surface area contributed by atoms with Gasteiger partial charge in [0.25, 0.3) is 0 Å². The highest BCUT2D eigenvalue weighted by molar-refractivity contribution is 5.85. The summed E-state index contributed by atoms with van der Waals surface area (Å²) in [6, 6.07) is 12.2. The lowest BCUT2D eigenvalue weighted by Gasteiger charge is -2.07. The van der Waals surface area contributed by atoms with Crippen LogP contribution in [0.2, 0.25) is 0 Å². The lowest BCUT2D eigenvalue weighted by Crippen LogP contribution is -2.02. The van der Waals surface area contributed by atoms with Crippen LogP contribution in [-0.2, 0) is 0 Å². The highest BCUT2D eigenvalue weighted by atomic mass is 16.5. The Morgan fingerprint density at radius 1 is 1.26 bits per heavy atom. The first-order valence-corrected chi connectivity index (χ1v) is 5.89. The third-order valence-electron chi connectivity index (χ3n) is 2.41. The molecule has 98 valence electrons. The minimum Gasteiger partial charge on any atom is -0.494 e. The van der Waals surface area contributed by atoms with E-state index < -0.39 is 5.97 Å². The van der Waals surface area contributed by atoms with E-state index in [0.717, 1.165) is 11.4 Å². The summed E-state index contributed by atoms with van der Waals surface area (Å²) in [7, 11) is 0. The number of aromatic nitrogens is 1. The van der Waals surface area contributed by atoms with Crippen LogP contribution in [-0.4, -0.2) is 22.7 Å². The molecule has 2 aromatic rings. The molecule has 0 saturated heterocycles. The zero-order chi connectivity index (χ0) is 13.7. The molecule has 0 saturated carbocycles. The van der Waals surface area contributed by atoms with Crippen LogP contribution in [0.5, 0.6) is 5.75 Å². The number of rotatable bonds is 5. The van der Waals surface area contributed by atoms with Crippen LogP contribution in [0.4, 0.5) is 11.5 Å². The number of hydrogen-bond acceptors (Lipinski definition) is 4. The van der Waals surface area contributed by atoms with Crippen molar-refractivity contribution in [3.63, 3.8) is 0 Å². The smallest absolute Gasteiger partial charge is 0.354 e. The number of hydrogen-bond donors (Lipinski definition) is 2. The topological polar surface area (TPSA) is 71.5 Å². The minimum absolute atomic E-state index is 0.0101. The molecule has 0 amide bonds. The summed E-state index contributed by atoms with van der Waals surface area (Å²) in [5.41, 5.74) is 0.828. The zero-order valence-corrected chi connectivity index (χ0v) is 10.5. The average molecular weight is 258 g/mol. The van der Waals surface area contributed by atoms with Gasteiger partial charge in [0.05, 0.1) is 6.61 Å². The Labute approximate surface area is 110 Å². The molecular formula is C14H14N2O3. The normalized spacial score (nSPS) is 9.95. The van der Waals surface area contributed by atoms with Crippen LogP contribution in [0.25, 0.3) is 0 Å². The first-order chi connectivity index (χ1) is 9.19. The molecule has 0 aliphatic carbocycles. The summed E-state index contributed by atoms with van der Waals surface area (Å²) < 4.78 is 5.34. The molecule has 1 heterocycles. The maximum atomic E-state index is 10.8. The number of anilines is 2. The number of benzene rings is 1. The fourth-order valence-electron chi connectivity index (χ4n) is 1.57. The SMILES string of the molecule is CCOc1ccc(Nc2cccc(C(=O)O)n2)cc1. The summed E-state index contributed by atoms with van der Waals surface area (Å²) in [5, 5.41) is 11.9. The molecule has 0 unspecified atom stereocenters. The van der Waals surface area contributed by atoms with Gasteiger partial charge in [-0.05, 0) is 43.3 Å². The molecule has 0 radical (unpaired) electrons. The van der Waals surface area contributed by atoms with Crippen molar-refractivity contribution in [2.45, 2.75) is 6.92 Å². The predicted octanol–water partition coefficient (Wildman–Crippen LogP) is 2.92. The molecule has 0 aliphatic rings. The Morgan fingerprint density at radius 2 is 2.00 bits per heavy atom. The molecule has 19 heavy (non-hydrogen) atoms. The number of carbonyl (C=O) groups is 1. The Balaban J connectivity index is 2.12. The first-order valence-electron chi connectivity index (χ1n) is 5.89. The van der Waals surface area contributed by atoms with Crippen molar-refractivity contribution in [3.8, 4) is 5.75 Å². The number of carboxylic acids is 1. The zero-order valence-electron chi connectivity index (χ0n) is 10.5. The van der Waals surface area contributed by atoms with Crippen molar-refractivity contribution in [2.24, 2.45) is 0 Å². The Kier molecular flexibility index (Phi) is 3.97. The molecule has 0 atom stereocenters. The monoisotopic (exact) mass is 258 g/mol. The van der Waals surface area contributed by atoms with Gasteiger partial charge in [0.15, 0.2) is 5.69 Å². The van der Waals surface area contributed by atoms with Crippen LogP contribution in [0.15, 0.2) is 42.5 Å². The summed E-state index contributed by atoms with van der Waals surface area (Å²) in [4.78, 5) is 14.8. The van der Waals surface area contributed by atoms with Crippen molar-refractivity contribution in [2.75, 3.05) is 11.9 Å². The molecule has 2 rings (SSSR count). The molecule has 0 aliphatic heterocycles. The van der Waals surface area contributed by atoms with Crippen molar-refractivity contribution >= 4 is 17.5 Å². The summed E-state index contributed by atoms with van der Waals surface area (Å²) in [5.74, 6) is 0.236. The fourth-order valence-corrected chi connectivity index (χ4v) is 1.57. The highest BCUT2D eigenvalue weighted by Gasteiger charge is 2.05. The number of ether oxygens (including phenoxy) is 1. The third-order valence-corrected chi connectivity index (χ3v) is 2.41. The van der Waals surface area contributed by atoms with E-state index in [1.807, 2.05) is 31.2 Å². The van der Waals surface area contributed by atoms with Crippen molar-refractivity contribution < 1.29 is 14.6 Å². The van der Waals surface area contributed by atoms with Gasteiger partial charge in [-0.25, -0.2) is 9.78 Å². The van der Waals surface area contributed by atoms with Gasteiger partial charge in [-0.1, -0.05) is 6.07 Å². The standard InChI is InChI=1S/C14H14N2O3/c1-2-19-11-8-6-10(7-9-11)15-13-5-3-4-12(16-13)14(17)18/h3-9H,2H2,1H3,(H,15,16)(H,17,18). The number of nitrogens with one attached hydrogen (secondary N) is 1. The molecule has 0 bridgehead atoms. The maximum absolute atomic E-state index is 10.8. The largest absolute Gasteiger partial charge is 0.494 e. The van der Waals surface area contributed by atoms with Crippen LogP contribution in [0.3, 0.4) is 0 Å². The number of carboxylic acid groups (broad SMARTS) is 1. The van der Waals surface area contributed by atoms with E-state index >= 15 is 0 Å². The average Bonchev–Trinajstić information content (AvgIpc) is 2.42. The van der Waals surface area contributed by atoms with Crippen molar-refractivity contribution in [1.82, 2.24) is 4.98 Å². The van der Waals surface area contributed by atoms with Crippen molar-refractivity contribution in [1.29, 1.82) is 0 Å². The molecule has 0 spiro atoms. The molecule has 2 N–H and O–H groups in total. The second-order valence-corrected chi connectivity index (χ2v) is 3.80. The fraction of sp³-hybridized carbons (Fsp3) is 0.143. The maximum Gasteiger partial charge on any atom is 0.354 e. The molecule has 1 aromatic carbocycles. The minimum atomic E-state index is -1.05. The van der Waals surface area contributed by atoms with Crippen LogP contribution in [0.1, 0.15) is 17.4 Å². The second-order valence-electron chi connectivity index (χ2n) is 3.80. The summed E-state index contributed by atoms with van der Waals surface area (Å²) in [6.45, 7) is 2.54. The van der Waals surface area contributed by atoms with Crippen molar-refractivity contribution in [3.05, 3.63) is 48.2 Å². The highest BCUT2D eigenvalue weighted by Crippen LogP contribution is 2.19. The van der Waals surface area contributed by atoms with E-state index in [0.29, 0.717) is 12.4 Å². The predicted molar refractivity (Wildman–Crippen MR) is 72.1 cm³/mol. The Bertz CT molecular complexity index is 567. The van der Waals surface area contributed by atoms with E-state index in [2.05, 4.69) is 10.3 Å².